The molecule has 1 aromatic carbocycles. The number of anilines is 2. The van der Waals surface area contributed by atoms with Crippen LogP contribution in [0.15, 0.2) is 42.7 Å². The first kappa shape index (κ1) is 12.4. The molecule has 3 nitrogen and oxygen atoms in total. The SMILES string of the molecule is Cc1ccc(OC(C)C)cc1Nc1ccncc1. The van der Waals surface area contributed by atoms with Crippen LogP contribution in [0.25, 0.3) is 0 Å². The van der Waals surface area contributed by atoms with Gasteiger partial charge in [-0.3, -0.25) is 4.98 Å². The monoisotopic (exact) mass is 242 g/mol. The molecule has 0 aliphatic rings. The summed E-state index contributed by atoms with van der Waals surface area (Å²) < 4.78 is 5.70. The first-order valence-electron chi connectivity index (χ1n) is 6.09. The molecular formula is C15H18N2O. The van der Waals surface area contributed by atoms with Crippen LogP contribution >= 0.6 is 0 Å². The Hall–Kier alpha value is -2.03. The highest BCUT2D eigenvalue weighted by Gasteiger charge is 2.03. The standard InChI is InChI=1S/C15H18N2O/c1-11(2)18-14-5-4-12(3)15(10-14)17-13-6-8-16-9-7-13/h4-11H,1-3H3,(H,16,17). The Labute approximate surface area is 108 Å². The molecule has 0 unspecified atom stereocenters. The molecule has 1 heterocycles. The van der Waals surface area contributed by atoms with Crippen molar-refractivity contribution in [3.05, 3.63) is 48.3 Å². The van der Waals surface area contributed by atoms with Gasteiger partial charge in [-0.1, -0.05) is 6.07 Å². The quantitative estimate of drug-likeness (QED) is 0.882. The number of nitrogens with one attached hydrogen (secondary N) is 1. The fourth-order valence-electron chi connectivity index (χ4n) is 1.67. The fraction of sp³-hybridized carbons (Fsp3) is 0.267. The van der Waals surface area contributed by atoms with Crippen LogP contribution in [0.5, 0.6) is 5.75 Å². The van der Waals surface area contributed by atoms with Crippen LogP contribution < -0.4 is 10.1 Å². The zero-order valence-corrected chi connectivity index (χ0v) is 11.0. The van der Waals surface area contributed by atoms with Crippen molar-refractivity contribution in [3.8, 4) is 5.75 Å². The summed E-state index contributed by atoms with van der Waals surface area (Å²) in [6.45, 7) is 6.12. The average Bonchev–Trinajstić information content (AvgIpc) is 2.34. The Balaban J connectivity index is 2.21. The minimum atomic E-state index is 0.182. The summed E-state index contributed by atoms with van der Waals surface area (Å²) in [5.41, 5.74) is 3.26. The van der Waals surface area contributed by atoms with Crippen molar-refractivity contribution in [3.63, 3.8) is 0 Å². The van der Waals surface area contributed by atoms with Gasteiger partial charge >= 0.3 is 0 Å². The van der Waals surface area contributed by atoms with Crippen molar-refractivity contribution < 1.29 is 4.74 Å². The molecule has 18 heavy (non-hydrogen) atoms. The summed E-state index contributed by atoms with van der Waals surface area (Å²) in [5.74, 6) is 0.882. The number of benzene rings is 1. The number of pyridine rings is 1. The van der Waals surface area contributed by atoms with Gasteiger partial charge < -0.3 is 10.1 Å². The van der Waals surface area contributed by atoms with Gasteiger partial charge in [0.15, 0.2) is 0 Å². The molecule has 0 spiro atoms. The van der Waals surface area contributed by atoms with Crippen LogP contribution in [0.1, 0.15) is 19.4 Å². The molecular weight excluding hydrogens is 224 g/mol. The van der Waals surface area contributed by atoms with E-state index in [2.05, 4.69) is 23.3 Å². The Morgan fingerprint density at radius 2 is 1.83 bits per heavy atom. The molecule has 0 saturated heterocycles. The third-order valence-electron chi connectivity index (χ3n) is 2.54. The first-order valence-corrected chi connectivity index (χ1v) is 6.09. The van der Waals surface area contributed by atoms with Crippen molar-refractivity contribution in [1.82, 2.24) is 4.98 Å². The van der Waals surface area contributed by atoms with Crippen LogP contribution in [0.2, 0.25) is 0 Å². The summed E-state index contributed by atoms with van der Waals surface area (Å²) in [6.07, 6.45) is 3.72. The van der Waals surface area contributed by atoms with E-state index < -0.39 is 0 Å². The highest BCUT2D eigenvalue weighted by atomic mass is 16.5. The number of hydrogen-bond donors (Lipinski definition) is 1. The molecule has 0 amide bonds. The molecule has 0 aliphatic heterocycles. The van der Waals surface area contributed by atoms with E-state index in [1.165, 1.54) is 5.56 Å². The molecule has 3 heteroatoms. The van der Waals surface area contributed by atoms with Gasteiger partial charge in [0, 0.05) is 29.8 Å². The minimum Gasteiger partial charge on any atom is -0.491 e. The molecule has 1 aromatic heterocycles. The second-order valence-corrected chi connectivity index (χ2v) is 4.50. The lowest BCUT2D eigenvalue weighted by Crippen LogP contribution is -2.06. The summed E-state index contributed by atoms with van der Waals surface area (Å²) in [5, 5.41) is 3.37. The largest absolute Gasteiger partial charge is 0.491 e. The third kappa shape index (κ3) is 3.23. The molecule has 0 radical (unpaired) electrons. The molecule has 0 saturated carbocycles. The van der Waals surface area contributed by atoms with E-state index >= 15 is 0 Å². The number of rotatable bonds is 4. The van der Waals surface area contributed by atoms with E-state index in [4.69, 9.17) is 4.74 Å². The second-order valence-electron chi connectivity index (χ2n) is 4.50. The number of aromatic nitrogens is 1. The van der Waals surface area contributed by atoms with Crippen LogP contribution in [-0.4, -0.2) is 11.1 Å². The van der Waals surface area contributed by atoms with Gasteiger partial charge in [-0.15, -0.1) is 0 Å². The normalized spacial score (nSPS) is 10.4. The van der Waals surface area contributed by atoms with E-state index in [1.54, 1.807) is 12.4 Å². The summed E-state index contributed by atoms with van der Waals surface area (Å²) >= 11 is 0. The highest BCUT2D eigenvalue weighted by molar-refractivity contribution is 5.64. The van der Waals surface area contributed by atoms with Gasteiger partial charge in [-0.2, -0.15) is 0 Å². The van der Waals surface area contributed by atoms with Crippen LogP contribution in [0.4, 0.5) is 11.4 Å². The smallest absolute Gasteiger partial charge is 0.121 e. The molecule has 0 fully saturated rings. The predicted octanol–water partition coefficient (Wildman–Crippen LogP) is 3.92. The van der Waals surface area contributed by atoms with Crippen LogP contribution in [0.3, 0.4) is 0 Å². The predicted molar refractivity (Wildman–Crippen MR) is 74.5 cm³/mol. The van der Waals surface area contributed by atoms with Crippen LogP contribution in [-0.2, 0) is 0 Å². The number of aryl methyl sites for hydroxylation is 1. The summed E-state index contributed by atoms with van der Waals surface area (Å²) in [6, 6.07) is 9.95. The van der Waals surface area contributed by atoms with Crippen molar-refractivity contribution in [2.45, 2.75) is 26.9 Å². The van der Waals surface area contributed by atoms with E-state index in [1.807, 2.05) is 38.1 Å². The lowest BCUT2D eigenvalue weighted by atomic mass is 10.2. The van der Waals surface area contributed by atoms with E-state index in [9.17, 15) is 0 Å². The molecule has 2 rings (SSSR count). The molecule has 94 valence electrons. The maximum Gasteiger partial charge on any atom is 0.121 e. The Bertz CT molecular complexity index is 509. The number of nitrogens with zero attached hydrogens (tertiary/aromatic N) is 1. The van der Waals surface area contributed by atoms with Gasteiger partial charge in [0.25, 0.3) is 0 Å². The molecule has 0 bridgehead atoms. The van der Waals surface area contributed by atoms with Crippen molar-refractivity contribution >= 4 is 11.4 Å². The maximum absolute atomic E-state index is 5.70. The minimum absolute atomic E-state index is 0.182. The van der Waals surface area contributed by atoms with Crippen LogP contribution in [0, 0.1) is 6.92 Å². The molecule has 0 atom stereocenters. The van der Waals surface area contributed by atoms with Gasteiger partial charge in [0.1, 0.15) is 5.75 Å². The van der Waals surface area contributed by atoms with Crippen molar-refractivity contribution in [2.24, 2.45) is 0 Å². The molecule has 2 aromatic rings. The zero-order valence-electron chi connectivity index (χ0n) is 11.0. The second kappa shape index (κ2) is 5.54. The van der Waals surface area contributed by atoms with E-state index in [0.717, 1.165) is 17.1 Å². The first-order chi connectivity index (χ1) is 8.65. The fourth-order valence-corrected chi connectivity index (χ4v) is 1.67. The van der Waals surface area contributed by atoms with Gasteiger partial charge in [0.05, 0.1) is 6.10 Å². The van der Waals surface area contributed by atoms with E-state index in [-0.39, 0.29) is 6.10 Å². The average molecular weight is 242 g/mol. The molecule has 0 aliphatic carbocycles. The maximum atomic E-state index is 5.70. The lowest BCUT2D eigenvalue weighted by Gasteiger charge is -2.14. The van der Waals surface area contributed by atoms with Gasteiger partial charge in [0.2, 0.25) is 0 Å². The Morgan fingerprint density at radius 3 is 2.50 bits per heavy atom. The Kier molecular flexibility index (Phi) is 3.82. The zero-order chi connectivity index (χ0) is 13.0. The van der Waals surface area contributed by atoms with Gasteiger partial charge in [-0.05, 0) is 44.5 Å². The molecule has 1 N–H and O–H groups in total. The number of ether oxygens (including phenoxy) is 1. The van der Waals surface area contributed by atoms with Crippen molar-refractivity contribution in [2.75, 3.05) is 5.32 Å². The number of hydrogen-bond acceptors (Lipinski definition) is 3. The Morgan fingerprint density at radius 1 is 1.11 bits per heavy atom. The summed E-state index contributed by atoms with van der Waals surface area (Å²) in [4.78, 5) is 4.00. The lowest BCUT2D eigenvalue weighted by molar-refractivity contribution is 0.242. The topological polar surface area (TPSA) is 34.1 Å². The third-order valence-corrected chi connectivity index (χ3v) is 2.54. The van der Waals surface area contributed by atoms with Crippen molar-refractivity contribution in [1.29, 1.82) is 0 Å². The highest BCUT2D eigenvalue weighted by Crippen LogP contribution is 2.25. The summed E-state index contributed by atoms with van der Waals surface area (Å²) in [7, 11) is 0. The van der Waals surface area contributed by atoms with Gasteiger partial charge in [-0.25, -0.2) is 0 Å². The van der Waals surface area contributed by atoms with E-state index in [0.29, 0.717) is 0 Å².